The van der Waals surface area contributed by atoms with E-state index in [0.717, 1.165) is 17.1 Å². The van der Waals surface area contributed by atoms with E-state index in [1.54, 1.807) is 0 Å². The van der Waals surface area contributed by atoms with E-state index in [4.69, 9.17) is 0 Å². The van der Waals surface area contributed by atoms with E-state index < -0.39 is 10.8 Å². The lowest BCUT2D eigenvalue weighted by molar-refractivity contribution is 0.748. The Morgan fingerprint density at radius 1 is 0.296 bits per heavy atom. The average Bonchev–Trinajstić information content (AvgIpc) is 1.98. The highest BCUT2D eigenvalue weighted by molar-refractivity contribution is 7.25. The normalized spacial score (nSPS) is 15.3. The van der Waals surface area contributed by atoms with Gasteiger partial charge in [-0.3, -0.25) is 0 Å². The second-order valence-electron chi connectivity index (χ2n) is 22.5. The molecule has 3 aliphatic carbocycles. The Bertz CT molecular complexity index is 5220. The number of para-hydroxylation sites is 3. The summed E-state index contributed by atoms with van der Waals surface area (Å²) in [6.07, 6.45) is 0. The molecule has 4 aliphatic rings. The van der Waals surface area contributed by atoms with Crippen LogP contribution in [0.25, 0.3) is 103 Å². The number of fused-ring (bicyclic) bond motifs is 27. The summed E-state index contributed by atoms with van der Waals surface area (Å²) in [5.41, 5.74) is 26.6. The fourth-order valence-corrected chi connectivity index (χ4v) is 17.0. The average molecular weight is 1040 g/mol. The molecule has 1 aliphatic heterocycles. The van der Waals surface area contributed by atoms with E-state index in [0.29, 0.717) is 0 Å². The largest absolute Gasteiger partial charge is 0.310 e. The lowest BCUT2D eigenvalue weighted by atomic mass is 9.65. The highest BCUT2D eigenvalue weighted by atomic mass is 32.1. The van der Waals surface area contributed by atoms with Gasteiger partial charge in [-0.2, -0.15) is 0 Å². The lowest BCUT2D eigenvalue weighted by Gasteiger charge is -2.40. The maximum absolute atomic E-state index is 2.59. The van der Waals surface area contributed by atoms with Crippen LogP contribution in [0.15, 0.2) is 279 Å². The Kier molecular flexibility index (Phi) is 8.57. The highest BCUT2D eigenvalue weighted by Gasteiger charge is 2.54. The minimum atomic E-state index is -0.620. The van der Waals surface area contributed by atoms with Crippen LogP contribution >= 0.6 is 11.3 Å². The number of hydrogen-bond donors (Lipinski definition) is 0. The van der Waals surface area contributed by atoms with Gasteiger partial charge in [0.25, 0.3) is 0 Å². The molecule has 3 heterocycles. The van der Waals surface area contributed by atoms with Crippen LogP contribution < -0.4 is 4.90 Å². The fraction of sp³-hybridized carbons (Fsp3) is 0.0256. The molecule has 374 valence electrons. The van der Waals surface area contributed by atoms with Gasteiger partial charge in [0.15, 0.2) is 0 Å². The zero-order valence-corrected chi connectivity index (χ0v) is 44.7. The van der Waals surface area contributed by atoms with Crippen LogP contribution in [0.2, 0.25) is 0 Å². The molecule has 1 unspecified atom stereocenters. The third-order valence-electron chi connectivity index (χ3n) is 19.0. The Labute approximate surface area is 472 Å². The molecule has 15 aromatic rings. The summed E-state index contributed by atoms with van der Waals surface area (Å²) in [6, 6.07) is 106. The Morgan fingerprint density at radius 3 is 1.56 bits per heavy atom. The maximum atomic E-state index is 2.59. The first-order valence-corrected chi connectivity index (χ1v) is 29.1. The summed E-state index contributed by atoms with van der Waals surface area (Å²) in [5, 5.41) is 7.63. The van der Waals surface area contributed by atoms with Crippen molar-refractivity contribution in [3.8, 4) is 50.2 Å². The summed E-state index contributed by atoms with van der Waals surface area (Å²) in [7, 11) is 0. The molecular weight excluding hydrogens is 997 g/mol. The van der Waals surface area contributed by atoms with Crippen molar-refractivity contribution in [1.82, 2.24) is 4.57 Å². The molecule has 0 fully saturated rings. The quantitative estimate of drug-likeness (QED) is 0.171. The van der Waals surface area contributed by atoms with E-state index in [-0.39, 0.29) is 0 Å². The van der Waals surface area contributed by atoms with Crippen molar-refractivity contribution in [1.29, 1.82) is 0 Å². The van der Waals surface area contributed by atoms with Crippen molar-refractivity contribution in [2.24, 2.45) is 0 Å². The fourth-order valence-electron chi connectivity index (χ4n) is 15.9. The van der Waals surface area contributed by atoms with Gasteiger partial charge in [0.2, 0.25) is 0 Å². The standard InChI is InChI=1S/C78H46N2S/c1-2-24-58-55(21-1)72(46-69-75(58)60-25-6-12-30-65(60)77(69)62-27-9-3-18-51(62)52-19-4-10-28-63(52)77)79(49-39-36-47(37-40-49)48-38-43-74-61(44-48)57-23-8-16-35-73(57)81-74)50-41-42-54-53-20-5-11-29-64(53)78(68(54)45-50)66-31-13-15-34-71(66)80-70-33-14-7-22-56(70)59-26-17-32-67(78)76(59)80/h1-46H. The first-order chi connectivity index (χ1) is 40.2. The monoisotopic (exact) mass is 1040 g/mol. The molecule has 0 saturated heterocycles. The SMILES string of the molecule is c1ccc2c(c1)-c1ccccc1C21c2ccccc2-c2c1cc(N(c1ccc(-c3ccc4sc5ccccc5c4c3)cc1)c1ccc3c(c1)C1(c4ccccc4-3)c3ccccc3-n3c4ccccc4c4cccc1c43)c1ccccc21. The molecule has 0 amide bonds. The molecule has 0 bridgehead atoms. The summed E-state index contributed by atoms with van der Waals surface area (Å²) in [5.74, 6) is 0. The predicted octanol–water partition coefficient (Wildman–Crippen LogP) is 20.5. The van der Waals surface area contributed by atoms with Gasteiger partial charge in [-0.25, -0.2) is 0 Å². The van der Waals surface area contributed by atoms with Crippen LogP contribution in [0.5, 0.6) is 0 Å². The van der Waals surface area contributed by atoms with Crippen molar-refractivity contribution in [3.63, 3.8) is 0 Å². The van der Waals surface area contributed by atoms with Crippen LogP contribution in [0.1, 0.15) is 44.5 Å². The third-order valence-corrected chi connectivity index (χ3v) is 20.1. The van der Waals surface area contributed by atoms with Crippen LogP contribution in [0.3, 0.4) is 0 Å². The second-order valence-corrected chi connectivity index (χ2v) is 23.6. The smallest absolute Gasteiger partial charge is 0.0755 e. The van der Waals surface area contributed by atoms with E-state index in [1.165, 1.54) is 147 Å². The van der Waals surface area contributed by atoms with E-state index in [1.807, 2.05) is 11.3 Å². The molecule has 3 heteroatoms. The van der Waals surface area contributed by atoms with Crippen LogP contribution in [0.4, 0.5) is 17.1 Å². The molecule has 13 aromatic carbocycles. The Hall–Kier alpha value is -10.1. The van der Waals surface area contributed by atoms with Gasteiger partial charge in [-0.15, -0.1) is 11.3 Å². The zero-order chi connectivity index (χ0) is 52.7. The third kappa shape index (κ3) is 5.43. The first-order valence-electron chi connectivity index (χ1n) is 28.2. The molecule has 2 nitrogen and oxygen atoms in total. The number of thiophene rings is 1. The molecule has 19 rings (SSSR count). The van der Waals surface area contributed by atoms with Crippen molar-refractivity contribution in [2.75, 3.05) is 4.90 Å². The van der Waals surface area contributed by atoms with Gasteiger partial charge in [-0.1, -0.05) is 218 Å². The van der Waals surface area contributed by atoms with Gasteiger partial charge >= 0.3 is 0 Å². The molecule has 0 saturated carbocycles. The number of aromatic nitrogens is 1. The number of rotatable bonds is 4. The predicted molar refractivity (Wildman–Crippen MR) is 338 cm³/mol. The summed E-state index contributed by atoms with van der Waals surface area (Å²) in [4.78, 5) is 2.59. The Morgan fingerprint density at radius 2 is 0.815 bits per heavy atom. The highest BCUT2D eigenvalue weighted by Crippen LogP contribution is 2.66. The molecule has 1 atom stereocenters. The minimum Gasteiger partial charge on any atom is -0.310 e. The number of nitrogens with zero attached hydrogens (tertiary/aromatic N) is 2. The first kappa shape index (κ1) is 43.9. The van der Waals surface area contributed by atoms with Gasteiger partial charge in [0, 0.05) is 47.7 Å². The van der Waals surface area contributed by atoms with Crippen molar-refractivity contribution < 1.29 is 0 Å². The molecule has 2 aromatic heterocycles. The Balaban J connectivity index is 0.905. The van der Waals surface area contributed by atoms with Gasteiger partial charge in [0.1, 0.15) is 0 Å². The van der Waals surface area contributed by atoms with Crippen LogP contribution in [-0.4, -0.2) is 4.57 Å². The topological polar surface area (TPSA) is 8.17 Å². The maximum Gasteiger partial charge on any atom is 0.0755 e. The van der Waals surface area contributed by atoms with Crippen molar-refractivity contribution >= 4 is 81.1 Å². The van der Waals surface area contributed by atoms with Crippen molar-refractivity contribution in [3.05, 3.63) is 324 Å². The lowest BCUT2D eigenvalue weighted by Crippen LogP contribution is -2.33. The minimum absolute atomic E-state index is 0.537. The summed E-state index contributed by atoms with van der Waals surface area (Å²) < 4.78 is 5.18. The van der Waals surface area contributed by atoms with Crippen LogP contribution in [0, 0.1) is 0 Å². The van der Waals surface area contributed by atoms with E-state index >= 15 is 0 Å². The van der Waals surface area contributed by atoms with Crippen molar-refractivity contribution in [2.45, 2.75) is 10.8 Å². The second kappa shape index (κ2) is 15.8. The molecular formula is C78H46N2S. The molecule has 0 radical (unpaired) electrons. The molecule has 0 N–H and O–H groups in total. The molecule has 81 heavy (non-hydrogen) atoms. The van der Waals surface area contributed by atoms with Gasteiger partial charge in [-0.05, 0) is 155 Å². The van der Waals surface area contributed by atoms with E-state index in [2.05, 4.69) is 289 Å². The van der Waals surface area contributed by atoms with E-state index in [9.17, 15) is 0 Å². The number of benzene rings is 13. The van der Waals surface area contributed by atoms with Gasteiger partial charge < -0.3 is 9.47 Å². The number of anilines is 3. The van der Waals surface area contributed by atoms with Gasteiger partial charge in [0.05, 0.1) is 33.2 Å². The molecule has 2 spiro atoms. The number of hydrogen-bond acceptors (Lipinski definition) is 2. The summed E-state index contributed by atoms with van der Waals surface area (Å²) >= 11 is 1.87. The van der Waals surface area contributed by atoms with Crippen LogP contribution in [-0.2, 0) is 10.8 Å². The summed E-state index contributed by atoms with van der Waals surface area (Å²) in [6.45, 7) is 0. The zero-order valence-electron chi connectivity index (χ0n) is 43.9.